The number of hydrogen-bond acceptors (Lipinski definition) is 10. The maximum atomic E-state index is 11.5. The zero-order valence-electron chi connectivity index (χ0n) is 21.0. The first-order valence-corrected chi connectivity index (χ1v) is 14.3. The summed E-state index contributed by atoms with van der Waals surface area (Å²) in [5.41, 5.74) is 0. The van der Waals surface area contributed by atoms with Crippen molar-refractivity contribution in [3.05, 3.63) is 0 Å². The van der Waals surface area contributed by atoms with Gasteiger partial charge in [0.2, 0.25) is 0 Å². The summed E-state index contributed by atoms with van der Waals surface area (Å²) in [5.74, 6) is -6.49. The smallest absolute Gasteiger partial charge is 0.550 e. The van der Waals surface area contributed by atoms with Gasteiger partial charge < -0.3 is 24.9 Å². The van der Waals surface area contributed by atoms with E-state index in [0.717, 1.165) is 19.3 Å². The zero-order valence-corrected chi connectivity index (χ0v) is 24.7. The number of rotatable bonds is 19. The van der Waals surface area contributed by atoms with Crippen molar-refractivity contribution < 1.29 is 94.7 Å². The zero-order chi connectivity index (χ0) is 28.4. The molecule has 0 bridgehead atoms. The molecule has 0 saturated carbocycles. The number of hydrogen-bond donors (Lipinski definition) is 4. The molecule has 0 heterocycles. The number of unbranched alkanes of at least 4 members (excludes halogenated alkanes) is 9. The molecule has 2 atom stereocenters. The predicted octanol–water partition coefficient (Wildman–Crippen LogP) is -2.35. The third kappa shape index (κ3) is 23.5. The molecule has 0 aromatic rings. The van der Waals surface area contributed by atoms with E-state index in [4.69, 9.17) is 24.1 Å². The molecule has 212 valence electrons. The van der Waals surface area contributed by atoms with Crippen molar-refractivity contribution >= 4 is 44.1 Å². The number of carbonyl (C=O) groups is 4. The van der Waals surface area contributed by atoms with Gasteiger partial charge in [-0.05, 0) is 6.42 Å². The number of carboxylic acid groups (broad SMARTS) is 3. The molecule has 14 nitrogen and oxygen atoms in total. The number of aliphatic carboxylic acids is 3. The van der Waals surface area contributed by atoms with E-state index in [1.54, 1.807) is 0 Å². The summed E-state index contributed by atoms with van der Waals surface area (Å²) >= 11 is 0. The quantitative estimate of drug-likeness (QED) is 0.0535. The Morgan fingerprint density at radius 1 is 0.730 bits per heavy atom. The fourth-order valence-corrected chi connectivity index (χ4v) is 4.06. The second-order valence-corrected chi connectivity index (χ2v) is 11.1. The van der Waals surface area contributed by atoms with Crippen LogP contribution in [0.1, 0.15) is 84.0 Å². The van der Waals surface area contributed by atoms with E-state index in [0.29, 0.717) is 6.42 Å². The SMILES string of the molecule is CCCCCCCCCCCCOC(=O)C(CC(=O)[O-])S(=O)(=O)O.O=C(O)CC(C(=O)O)S(=O)(=O)O.[Na+]. The van der Waals surface area contributed by atoms with Gasteiger partial charge in [0.25, 0.3) is 20.2 Å². The molecule has 4 N–H and O–H groups in total. The minimum atomic E-state index is -4.84. The second-order valence-electron chi connectivity index (χ2n) is 7.87. The molecule has 0 aromatic heterocycles. The van der Waals surface area contributed by atoms with Crippen LogP contribution in [-0.4, -0.2) is 77.1 Å². The molecular formula is C20H35NaO14S2. The van der Waals surface area contributed by atoms with E-state index in [1.165, 1.54) is 38.5 Å². The summed E-state index contributed by atoms with van der Waals surface area (Å²) in [5, 5.41) is 22.2. The van der Waals surface area contributed by atoms with Gasteiger partial charge in [-0.25, -0.2) is 0 Å². The first-order valence-electron chi connectivity index (χ1n) is 11.3. The molecule has 0 spiro atoms. The van der Waals surface area contributed by atoms with Crippen LogP contribution in [0.3, 0.4) is 0 Å². The van der Waals surface area contributed by atoms with Crippen molar-refractivity contribution in [1.29, 1.82) is 0 Å². The molecule has 37 heavy (non-hydrogen) atoms. The maximum Gasteiger partial charge on any atom is 1.00 e. The van der Waals surface area contributed by atoms with Crippen LogP contribution < -0.4 is 34.7 Å². The van der Waals surface area contributed by atoms with E-state index in [2.05, 4.69) is 6.92 Å². The molecule has 0 aliphatic rings. The van der Waals surface area contributed by atoms with Gasteiger partial charge in [-0.2, -0.15) is 16.8 Å². The van der Waals surface area contributed by atoms with Crippen LogP contribution in [-0.2, 0) is 44.2 Å². The molecular weight excluding hydrogens is 551 g/mol. The molecule has 0 aliphatic carbocycles. The van der Waals surface area contributed by atoms with Gasteiger partial charge in [0.1, 0.15) is 0 Å². The van der Waals surface area contributed by atoms with E-state index in [9.17, 15) is 41.1 Å². The molecule has 17 heteroatoms. The van der Waals surface area contributed by atoms with Gasteiger partial charge in [0.05, 0.1) is 13.0 Å². The van der Waals surface area contributed by atoms with Gasteiger partial charge in [-0.3, -0.25) is 23.5 Å². The van der Waals surface area contributed by atoms with Crippen molar-refractivity contribution in [3.8, 4) is 0 Å². The summed E-state index contributed by atoms with van der Waals surface area (Å²) in [7, 11) is -9.66. The number of esters is 1. The molecule has 0 aliphatic heterocycles. The van der Waals surface area contributed by atoms with E-state index in [1.807, 2.05) is 0 Å². The van der Waals surface area contributed by atoms with E-state index >= 15 is 0 Å². The Bertz CT molecular complexity index is 902. The van der Waals surface area contributed by atoms with Gasteiger partial charge in [-0.1, -0.05) is 64.7 Å². The normalized spacial score (nSPS) is 12.7. The largest absolute Gasteiger partial charge is 1.00 e. The van der Waals surface area contributed by atoms with Crippen LogP contribution in [0.25, 0.3) is 0 Å². The van der Waals surface area contributed by atoms with Crippen molar-refractivity contribution in [3.63, 3.8) is 0 Å². The van der Waals surface area contributed by atoms with Crippen LogP contribution in [0.4, 0.5) is 0 Å². The monoisotopic (exact) mass is 586 g/mol. The van der Waals surface area contributed by atoms with Crippen LogP contribution in [0, 0.1) is 0 Å². The Labute approximate surface area is 238 Å². The van der Waals surface area contributed by atoms with Crippen molar-refractivity contribution in [2.45, 2.75) is 94.5 Å². The Morgan fingerprint density at radius 3 is 1.43 bits per heavy atom. The number of carboxylic acids is 3. The summed E-state index contributed by atoms with van der Waals surface area (Å²) in [6.45, 7) is 2.19. The molecule has 0 amide bonds. The summed E-state index contributed by atoms with van der Waals surface area (Å²) in [6.07, 6.45) is 8.75. The number of carbonyl (C=O) groups excluding carboxylic acids is 2. The Hall–Kier alpha value is -1.30. The maximum absolute atomic E-state index is 11.5. The summed E-state index contributed by atoms with van der Waals surface area (Å²) < 4.78 is 64.2. The molecule has 0 rings (SSSR count). The van der Waals surface area contributed by atoms with Crippen LogP contribution >= 0.6 is 0 Å². The first-order chi connectivity index (χ1) is 16.5. The molecule has 0 saturated heterocycles. The summed E-state index contributed by atoms with van der Waals surface area (Å²) in [4.78, 5) is 42.0. The van der Waals surface area contributed by atoms with E-state index in [-0.39, 0.29) is 36.2 Å². The average Bonchev–Trinajstić information content (AvgIpc) is 2.72. The molecule has 2 unspecified atom stereocenters. The van der Waals surface area contributed by atoms with Crippen molar-refractivity contribution in [2.75, 3.05) is 6.61 Å². The Kier molecular flexibility index (Phi) is 23.5. The Morgan fingerprint density at radius 2 is 1.14 bits per heavy atom. The molecule has 0 aromatic carbocycles. The minimum absolute atomic E-state index is 0. The molecule has 0 radical (unpaired) electrons. The Balaban J connectivity index is -0.000000751. The topological polar surface area (TPSA) is 250 Å². The van der Waals surface area contributed by atoms with Crippen LogP contribution in [0.5, 0.6) is 0 Å². The average molecular weight is 587 g/mol. The van der Waals surface area contributed by atoms with Gasteiger partial charge in [-0.15, -0.1) is 0 Å². The predicted molar refractivity (Wildman–Crippen MR) is 123 cm³/mol. The molecule has 0 fully saturated rings. The van der Waals surface area contributed by atoms with E-state index < -0.39 is 67.5 Å². The second kappa shape index (κ2) is 21.6. The standard InChI is InChI=1S/C16H30O7S.C4H6O7S.Na/c1-2-3-4-5-6-7-8-9-10-11-12-23-16(19)14(13-15(17)18)24(20,21)22;5-3(6)1-2(4(7)8)12(9,10)11;/h14H,2-13H2,1H3,(H,17,18)(H,20,21,22);2H,1H2,(H,5,6)(H,7,8)(H,9,10,11);/q;;+1/p-1. The van der Waals surface area contributed by atoms with Gasteiger partial charge >= 0.3 is 47.5 Å². The fraction of sp³-hybridized carbons (Fsp3) is 0.800. The van der Waals surface area contributed by atoms with Gasteiger partial charge in [0.15, 0.2) is 10.5 Å². The van der Waals surface area contributed by atoms with Crippen molar-refractivity contribution in [2.24, 2.45) is 0 Å². The minimum Gasteiger partial charge on any atom is -0.550 e. The number of ether oxygens (including phenoxy) is 1. The fourth-order valence-electron chi connectivity index (χ4n) is 2.80. The van der Waals surface area contributed by atoms with Gasteiger partial charge in [0, 0.05) is 12.4 Å². The van der Waals surface area contributed by atoms with Crippen LogP contribution in [0.15, 0.2) is 0 Å². The first kappa shape index (κ1) is 40.2. The third-order valence-corrected chi connectivity index (χ3v) is 6.88. The third-order valence-electron chi connectivity index (χ3n) is 4.71. The van der Waals surface area contributed by atoms with Crippen molar-refractivity contribution in [1.82, 2.24) is 0 Å². The summed E-state index contributed by atoms with van der Waals surface area (Å²) in [6, 6.07) is 0. The van der Waals surface area contributed by atoms with Crippen LogP contribution in [0.2, 0.25) is 0 Å².